The van der Waals surface area contributed by atoms with Gasteiger partial charge >= 0.3 is 0 Å². The first-order valence-corrected chi connectivity index (χ1v) is 8.00. The van der Waals surface area contributed by atoms with Crippen molar-refractivity contribution in [2.45, 2.75) is 38.8 Å². The van der Waals surface area contributed by atoms with Gasteiger partial charge in [0.05, 0.1) is 6.54 Å². The summed E-state index contributed by atoms with van der Waals surface area (Å²) in [6.07, 6.45) is 3.67. The van der Waals surface area contributed by atoms with Crippen molar-refractivity contribution in [1.29, 1.82) is 0 Å². The Labute approximate surface area is 127 Å². The summed E-state index contributed by atoms with van der Waals surface area (Å²) in [6.45, 7) is 5.77. The molecule has 2 N–H and O–H groups in total. The first kappa shape index (κ1) is 16.0. The minimum Gasteiger partial charge on any atom is -0.340 e. The topological polar surface area (TPSA) is 49.6 Å². The minimum absolute atomic E-state index is 0.0581. The van der Waals surface area contributed by atoms with Crippen molar-refractivity contribution in [3.8, 4) is 0 Å². The number of rotatable bonds is 6. The van der Waals surface area contributed by atoms with Crippen LogP contribution < -0.4 is 5.73 Å². The second kappa shape index (κ2) is 8.15. The van der Waals surface area contributed by atoms with Gasteiger partial charge in [0.1, 0.15) is 0 Å². The fourth-order valence-corrected chi connectivity index (χ4v) is 3.08. The number of carbonyl (C=O) groups excluding carboxylic acids is 1. The Morgan fingerprint density at radius 3 is 2.76 bits per heavy atom. The molecule has 1 saturated heterocycles. The van der Waals surface area contributed by atoms with Gasteiger partial charge in [-0.1, -0.05) is 36.8 Å². The van der Waals surface area contributed by atoms with Gasteiger partial charge < -0.3 is 10.6 Å². The molecule has 4 heteroatoms. The van der Waals surface area contributed by atoms with Crippen LogP contribution in [0.4, 0.5) is 0 Å². The summed E-state index contributed by atoms with van der Waals surface area (Å²) >= 11 is 0. The van der Waals surface area contributed by atoms with Crippen molar-refractivity contribution >= 4 is 5.91 Å². The summed E-state index contributed by atoms with van der Waals surface area (Å²) in [6, 6.07) is 11.0. The van der Waals surface area contributed by atoms with Gasteiger partial charge in [0.15, 0.2) is 0 Å². The molecule has 1 fully saturated rings. The maximum atomic E-state index is 11.9. The lowest BCUT2D eigenvalue weighted by Crippen LogP contribution is -2.49. The van der Waals surface area contributed by atoms with Gasteiger partial charge in [-0.2, -0.15) is 0 Å². The van der Waals surface area contributed by atoms with E-state index in [9.17, 15) is 4.79 Å². The van der Waals surface area contributed by atoms with Crippen molar-refractivity contribution in [2.75, 3.05) is 26.2 Å². The first-order chi connectivity index (χ1) is 10.2. The highest BCUT2D eigenvalue weighted by Crippen LogP contribution is 2.20. The number of hydrogen-bond acceptors (Lipinski definition) is 3. The predicted molar refractivity (Wildman–Crippen MR) is 85.8 cm³/mol. The second-order valence-corrected chi connectivity index (χ2v) is 5.74. The molecule has 1 aliphatic rings. The molecular formula is C17H27N3O. The molecule has 2 rings (SSSR count). The zero-order valence-corrected chi connectivity index (χ0v) is 13.0. The predicted octanol–water partition coefficient (Wildman–Crippen LogP) is 1.85. The third kappa shape index (κ3) is 4.55. The number of nitrogens with two attached hydrogens (primary N) is 1. The Bertz CT molecular complexity index is 435. The summed E-state index contributed by atoms with van der Waals surface area (Å²) in [7, 11) is 0. The Morgan fingerprint density at radius 1 is 1.33 bits per heavy atom. The fraction of sp³-hybridized carbons (Fsp3) is 0.588. The average Bonchev–Trinajstić information content (AvgIpc) is 2.54. The standard InChI is InChI=1S/C17H27N3O/c1-2-19(17(21)12-18)14-16-10-6-7-11-20(16)13-15-8-4-3-5-9-15/h3-5,8-9,16H,2,6-7,10-14,18H2,1H3/t16-/m1/s1. The van der Waals surface area contributed by atoms with E-state index >= 15 is 0 Å². The molecule has 4 nitrogen and oxygen atoms in total. The van der Waals surface area contributed by atoms with Gasteiger partial charge in [-0.3, -0.25) is 9.69 Å². The normalized spacial score (nSPS) is 19.4. The zero-order valence-electron chi connectivity index (χ0n) is 13.0. The van der Waals surface area contributed by atoms with E-state index in [0.717, 1.165) is 26.2 Å². The Kier molecular flexibility index (Phi) is 6.21. The van der Waals surface area contributed by atoms with Crippen molar-refractivity contribution < 1.29 is 4.79 Å². The van der Waals surface area contributed by atoms with E-state index < -0.39 is 0 Å². The SMILES string of the molecule is CCN(C[C@H]1CCCCN1Cc1ccccc1)C(=O)CN. The number of piperidine rings is 1. The summed E-state index contributed by atoms with van der Waals surface area (Å²) in [4.78, 5) is 16.3. The molecule has 116 valence electrons. The van der Waals surface area contributed by atoms with E-state index in [2.05, 4.69) is 35.2 Å². The largest absolute Gasteiger partial charge is 0.340 e. The first-order valence-electron chi connectivity index (χ1n) is 8.00. The molecule has 1 amide bonds. The van der Waals surface area contributed by atoms with Crippen molar-refractivity contribution in [3.63, 3.8) is 0 Å². The fourth-order valence-electron chi connectivity index (χ4n) is 3.08. The van der Waals surface area contributed by atoms with Crippen LogP contribution in [0, 0.1) is 0 Å². The van der Waals surface area contributed by atoms with E-state index in [1.165, 1.54) is 24.8 Å². The van der Waals surface area contributed by atoms with Gasteiger partial charge in [-0.15, -0.1) is 0 Å². The maximum absolute atomic E-state index is 11.9. The van der Waals surface area contributed by atoms with Gasteiger partial charge in [-0.25, -0.2) is 0 Å². The van der Waals surface area contributed by atoms with Gasteiger partial charge in [0.25, 0.3) is 0 Å². The Hall–Kier alpha value is -1.39. The Balaban J connectivity index is 1.99. The molecule has 0 bridgehead atoms. The van der Waals surface area contributed by atoms with Crippen LogP contribution in [-0.4, -0.2) is 47.9 Å². The molecule has 0 saturated carbocycles. The van der Waals surface area contributed by atoms with Crippen LogP contribution in [0.1, 0.15) is 31.7 Å². The smallest absolute Gasteiger partial charge is 0.236 e. The lowest BCUT2D eigenvalue weighted by Gasteiger charge is -2.38. The van der Waals surface area contributed by atoms with Crippen LogP contribution >= 0.6 is 0 Å². The highest BCUT2D eigenvalue weighted by atomic mass is 16.2. The summed E-state index contributed by atoms with van der Waals surface area (Å²) < 4.78 is 0. The summed E-state index contributed by atoms with van der Waals surface area (Å²) in [5.74, 6) is 0.0581. The van der Waals surface area contributed by atoms with Gasteiger partial charge in [0.2, 0.25) is 5.91 Å². The number of nitrogens with zero attached hydrogens (tertiary/aromatic N) is 2. The van der Waals surface area contributed by atoms with E-state index in [1.807, 2.05) is 11.8 Å². The molecule has 0 aromatic heterocycles. The minimum atomic E-state index is 0.0581. The molecule has 0 spiro atoms. The number of benzene rings is 1. The lowest BCUT2D eigenvalue weighted by molar-refractivity contribution is -0.130. The molecule has 1 aromatic rings. The zero-order chi connectivity index (χ0) is 15.1. The number of likely N-dealkylation sites (N-methyl/N-ethyl adjacent to an activating group) is 1. The van der Waals surface area contributed by atoms with Gasteiger partial charge in [0, 0.05) is 25.7 Å². The molecule has 0 unspecified atom stereocenters. The molecule has 1 atom stereocenters. The van der Waals surface area contributed by atoms with Crippen LogP contribution in [0.5, 0.6) is 0 Å². The van der Waals surface area contributed by atoms with E-state index in [0.29, 0.717) is 6.04 Å². The summed E-state index contributed by atoms with van der Waals surface area (Å²) in [5.41, 5.74) is 6.85. The highest BCUT2D eigenvalue weighted by Gasteiger charge is 2.25. The van der Waals surface area contributed by atoms with Gasteiger partial charge in [-0.05, 0) is 31.9 Å². The van der Waals surface area contributed by atoms with Crippen molar-refractivity contribution in [2.24, 2.45) is 5.73 Å². The van der Waals surface area contributed by atoms with Crippen LogP contribution in [0.2, 0.25) is 0 Å². The lowest BCUT2D eigenvalue weighted by atomic mass is 10.0. The third-order valence-electron chi connectivity index (χ3n) is 4.32. The summed E-state index contributed by atoms with van der Waals surface area (Å²) in [5, 5.41) is 0. The molecule has 1 heterocycles. The third-order valence-corrected chi connectivity index (χ3v) is 4.32. The van der Waals surface area contributed by atoms with Crippen LogP contribution in [0.15, 0.2) is 30.3 Å². The maximum Gasteiger partial charge on any atom is 0.236 e. The van der Waals surface area contributed by atoms with Crippen molar-refractivity contribution in [1.82, 2.24) is 9.80 Å². The van der Waals surface area contributed by atoms with Crippen molar-refractivity contribution in [3.05, 3.63) is 35.9 Å². The number of amides is 1. The number of hydrogen-bond donors (Lipinski definition) is 1. The number of likely N-dealkylation sites (tertiary alicyclic amines) is 1. The number of carbonyl (C=O) groups is 1. The van der Waals surface area contributed by atoms with Crippen LogP contribution in [0.3, 0.4) is 0 Å². The highest BCUT2D eigenvalue weighted by molar-refractivity contribution is 5.78. The van der Waals surface area contributed by atoms with E-state index in [1.54, 1.807) is 0 Å². The van der Waals surface area contributed by atoms with Crippen LogP contribution in [0.25, 0.3) is 0 Å². The molecule has 1 aromatic carbocycles. The molecular weight excluding hydrogens is 262 g/mol. The molecule has 0 aliphatic carbocycles. The molecule has 0 radical (unpaired) electrons. The molecule has 21 heavy (non-hydrogen) atoms. The van der Waals surface area contributed by atoms with Crippen LogP contribution in [-0.2, 0) is 11.3 Å². The average molecular weight is 289 g/mol. The molecule has 1 aliphatic heterocycles. The second-order valence-electron chi connectivity index (χ2n) is 5.74. The van der Waals surface area contributed by atoms with E-state index in [-0.39, 0.29) is 12.5 Å². The Morgan fingerprint density at radius 2 is 2.10 bits per heavy atom. The quantitative estimate of drug-likeness (QED) is 0.869. The monoisotopic (exact) mass is 289 g/mol. The van der Waals surface area contributed by atoms with E-state index in [4.69, 9.17) is 5.73 Å².